The van der Waals surface area contributed by atoms with E-state index in [9.17, 15) is 4.79 Å². The third-order valence-electron chi connectivity index (χ3n) is 5.63. The number of aromatic nitrogens is 2. The molecule has 2 aromatic carbocycles. The van der Waals surface area contributed by atoms with Crippen LogP contribution in [-0.2, 0) is 5.54 Å². The van der Waals surface area contributed by atoms with Gasteiger partial charge in [-0.1, -0.05) is 76.2 Å². The first-order valence-electron chi connectivity index (χ1n) is 11.5. The minimum atomic E-state index is -0.476. The van der Waals surface area contributed by atoms with Gasteiger partial charge >= 0.3 is 0 Å². The Morgan fingerprint density at radius 1 is 0.844 bits per heavy atom. The van der Waals surface area contributed by atoms with Crippen LogP contribution in [0, 0.1) is 20.8 Å². The number of carbonyl (C=O) groups excluding carboxylic acids is 1. The van der Waals surface area contributed by atoms with Crippen molar-refractivity contribution in [3.05, 3.63) is 82.9 Å². The highest BCUT2D eigenvalue weighted by molar-refractivity contribution is 5.99. The summed E-state index contributed by atoms with van der Waals surface area (Å²) < 4.78 is 0. The number of benzene rings is 2. The van der Waals surface area contributed by atoms with Crippen LogP contribution >= 0.6 is 0 Å². The van der Waals surface area contributed by atoms with Crippen molar-refractivity contribution < 1.29 is 4.79 Å². The second kappa shape index (κ2) is 12.1. The number of hydrogen-bond donors (Lipinski definition) is 0. The van der Waals surface area contributed by atoms with Gasteiger partial charge in [0.25, 0.3) is 5.91 Å². The molecule has 0 N–H and O–H groups in total. The SMILES string of the molecule is CC.CC.Cc1ncc(-c2cccc(C)c2C)c(C(=O)N(C)C(C)(C)c2ccccc2)n1. The van der Waals surface area contributed by atoms with E-state index in [0.717, 1.165) is 22.3 Å². The van der Waals surface area contributed by atoms with E-state index in [0.29, 0.717) is 11.5 Å². The zero-order chi connectivity index (χ0) is 24.5. The van der Waals surface area contributed by atoms with Gasteiger partial charge in [-0.15, -0.1) is 0 Å². The lowest BCUT2D eigenvalue weighted by Crippen LogP contribution is -2.43. The number of hydrogen-bond acceptors (Lipinski definition) is 3. The van der Waals surface area contributed by atoms with E-state index < -0.39 is 5.54 Å². The summed E-state index contributed by atoms with van der Waals surface area (Å²) in [6.07, 6.45) is 1.76. The van der Waals surface area contributed by atoms with Gasteiger partial charge in [0, 0.05) is 18.8 Å². The zero-order valence-electron chi connectivity index (χ0n) is 21.4. The lowest BCUT2D eigenvalue weighted by atomic mass is 9.91. The number of rotatable bonds is 4. The molecule has 32 heavy (non-hydrogen) atoms. The highest BCUT2D eigenvalue weighted by Crippen LogP contribution is 2.31. The van der Waals surface area contributed by atoms with Crippen LogP contribution in [0.4, 0.5) is 0 Å². The Labute approximate surface area is 194 Å². The fraction of sp³-hybridized carbons (Fsp3) is 0.393. The summed E-state index contributed by atoms with van der Waals surface area (Å²) in [7, 11) is 1.83. The lowest BCUT2D eigenvalue weighted by molar-refractivity contribution is 0.0616. The fourth-order valence-electron chi connectivity index (χ4n) is 3.33. The molecular weight excluding hydrogens is 394 g/mol. The Hall–Kier alpha value is -3.01. The van der Waals surface area contributed by atoms with E-state index in [1.807, 2.05) is 98.0 Å². The molecule has 0 aliphatic heterocycles. The van der Waals surface area contributed by atoms with Crippen molar-refractivity contribution in [2.24, 2.45) is 0 Å². The molecule has 172 valence electrons. The molecule has 0 atom stereocenters. The summed E-state index contributed by atoms with van der Waals surface area (Å²) in [4.78, 5) is 24.2. The van der Waals surface area contributed by atoms with Crippen molar-refractivity contribution in [2.75, 3.05) is 7.05 Å². The molecule has 0 aliphatic carbocycles. The average molecular weight is 434 g/mol. The van der Waals surface area contributed by atoms with Gasteiger partial charge in [0.2, 0.25) is 0 Å². The van der Waals surface area contributed by atoms with Gasteiger partial charge in [-0.25, -0.2) is 9.97 Å². The van der Waals surface area contributed by atoms with E-state index in [-0.39, 0.29) is 5.91 Å². The third-order valence-corrected chi connectivity index (χ3v) is 5.63. The highest BCUT2D eigenvalue weighted by Gasteiger charge is 2.32. The Morgan fingerprint density at radius 2 is 1.44 bits per heavy atom. The molecule has 0 saturated heterocycles. The second-order valence-corrected chi connectivity index (χ2v) is 7.72. The van der Waals surface area contributed by atoms with Crippen LogP contribution in [-0.4, -0.2) is 27.8 Å². The third kappa shape index (κ3) is 5.82. The Balaban J connectivity index is 0.00000121. The summed E-state index contributed by atoms with van der Waals surface area (Å²) in [6.45, 7) is 18.0. The molecule has 1 heterocycles. The fourth-order valence-corrected chi connectivity index (χ4v) is 3.33. The minimum Gasteiger partial charge on any atom is -0.331 e. The van der Waals surface area contributed by atoms with E-state index in [2.05, 4.69) is 29.9 Å². The molecule has 0 bridgehead atoms. The number of carbonyl (C=O) groups is 1. The minimum absolute atomic E-state index is 0.116. The van der Waals surface area contributed by atoms with E-state index in [1.165, 1.54) is 5.56 Å². The molecule has 1 aromatic heterocycles. The second-order valence-electron chi connectivity index (χ2n) is 7.72. The largest absolute Gasteiger partial charge is 0.331 e. The van der Waals surface area contributed by atoms with Crippen LogP contribution in [0.5, 0.6) is 0 Å². The zero-order valence-corrected chi connectivity index (χ0v) is 21.4. The van der Waals surface area contributed by atoms with E-state index in [1.54, 1.807) is 11.1 Å². The van der Waals surface area contributed by atoms with Gasteiger partial charge in [-0.3, -0.25) is 4.79 Å². The van der Waals surface area contributed by atoms with Crippen molar-refractivity contribution >= 4 is 5.91 Å². The van der Waals surface area contributed by atoms with E-state index in [4.69, 9.17) is 0 Å². The smallest absolute Gasteiger partial charge is 0.273 e. The van der Waals surface area contributed by atoms with Crippen LogP contribution in [0.15, 0.2) is 54.7 Å². The molecule has 3 rings (SSSR count). The van der Waals surface area contributed by atoms with Crippen molar-refractivity contribution in [3.8, 4) is 11.1 Å². The molecular formula is C28H39N3O. The summed E-state index contributed by atoms with van der Waals surface area (Å²) in [5.41, 5.74) is 5.11. The molecule has 0 fully saturated rings. The highest BCUT2D eigenvalue weighted by atomic mass is 16.2. The first-order chi connectivity index (χ1) is 15.2. The molecule has 4 heteroatoms. The number of aryl methyl sites for hydroxylation is 2. The standard InChI is InChI=1S/C24H27N3O.2C2H6/c1-16-11-10-14-20(17(16)2)21-15-25-18(3)26-22(21)23(28)27(6)24(4,5)19-12-8-7-9-13-19;2*1-2/h7-15H,1-6H3;2*1-2H3. The maximum absolute atomic E-state index is 13.5. The van der Waals surface area contributed by atoms with Gasteiger partial charge < -0.3 is 4.90 Å². The molecule has 4 nitrogen and oxygen atoms in total. The normalized spacial score (nSPS) is 10.3. The first kappa shape index (κ1) is 27.0. The van der Waals surface area contributed by atoms with Crippen LogP contribution in [0.2, 0.25) is 0 Å². The topological polar surface area (TPSA) is 46.1 Å². The molecule has 0 unspecified atom stereocenters. The monoisotopic (exact) mass is 433 g/mol. The molecule has 3 aromatic rings. The van der Waals surface area contributed by atoms with Crippen LogP contribution in [0.3, 0.4) is 0 Å². The molecule has 0 aliphatic rings. The van der Waals surface area contributed by atoms with Crippen LogP contribution < -0.4 is 0 Å². The van der Waals surface area contributed by atoms with Gasteiger partial charge in [-0.2, -0.15) is 0 Å². The van der Waals surface area contributed by atoms with E-state index >= 15 is 0 Å². The summed E-state index contributed by atoms with van der Waals surface area (Å²) >= 11 is 0. The van der Waals surface area contributed by atoms with Crippen LogP contribution in [0.1, 0.15) is 74.5 Å². The predicted molar refractivity (Wildman–Crippen MR) is 136 cm³/mol. The quantitative estimate of drug-likeness (QED) is 0.440. The van der Waals surface area contributed by atoms with Gasteiger partial charge in [-0.05, 0) is 56.9 Å². The predicted octanol–water partition coefficient (Wildman–Crippen LogP) is 7.13. The van der Waals surface area contributed by atoms with Crippen molar-refractivity contribution in [3.63, 3.8) is 0 Å². The van der Waals surface area contributed by atoms with Gasteiger partial charge in [0.15, 0.2) is 0 Å². The maximum Gasteiger partial charge on any atom is 0.273 e. The molecule has 0 spiro atoms. The van der Waals surface area contributed by atoms with Gasteiger partial charge in [0.05, 0.1) is 5.54 Å². The summed E-state index contributed by atoms with van der Waals surface area (Å²) in [6, 6.07) is 16.1. The Morgan fingerprint density at radius 3 is 2.03 bits per heavy atom. The van der Waals surface area contributed by atoms with Gasteiger partial charge in [0.1, 0.15) is 11.5 Å². The molecule has 1 amide bonds. The van der Waals surface area contributed by atoms with Crippen LogP contribution in [0.25, 0.3) is 11.1 Å². The van der Waals surface area contributed by atoms with Crippen molar-refractivity contribution in [1.29, 1.82) is 0 Å². The number of amides is 1. The Kier molecular flexibility index (Phi) is 10.2. The first-order valence-corrected chi connectivity index (χ1v) is 11.5. The van der Waals surface area contributed by atoms with Crippen molar-refractivity contribution in [1.82, 2.24) is 14.9 Å². The maximum atomic E-state index is 13.5. The summed E-state index contributed by atoms with van der Waals surface area (Å²) in [5, 5.41) is 0. The average Bonchev–Trinajstić information content (AvgIpc) is 2.83. The molecule has 0 saturated carbocycles. The number of nitrogens with zero attached hydrogens (tertiary/aromatic N) is 3. The van der Waals surface area contributed by atoms with Crippen molar-refractivity contribution in [2.45, 2.75) is 67.9 Å². The Bertz CT molecular complexity index is 1010. The lowest BCUT2D eigenvalue weighted by Gasteiger charge is -2.36. The summed E-state index contributed by atoms with van der Waals surface area (Å²) in [5.74, 6) is 0.471. The molecule has 0 radical (unpaired) electrons.